The molecule has 1 atom stereocenters. The lowest BCUT2D eigenvalue weighted by atomic mass is 10.1. The molecule has 1 N–H and O–H groups in total. The number of carboxylic acids is 1. The molecule has 5 heteroatoms. The van der Waals surface area contributed by atoms with E-state index < -0.39 is 5.97 Å². The molecule has 22 heavy (non-hydrogen) atoms. The maximum Gasteiger partial charge on any atom is 0.307 e. The van der Waals surface area contributed by atoms with Gasteiger partial charge in [-0.25, -0.2) is 4.98 Å². The van der Waals surface area contributed by atoms with E-state index in [1.54, 1.807) is 11.3 Å². The summed E-state index contributed by atoms with van der Waals surface area (Å²) in [5, 5.41) is 9.90. The molecule has 0 bridgehead atoms. The Morgan fingerprint density at radius 1 is 1.27 bits per heavy atom. The molecule has 1 aromatic heterocycles. The molecule has 0 fully saturated rings. The van der Waals surface area contributed by atoms with Gasteiger partial charge < -0.3 is 5.11 Å². The van der Waals surface area contributed by atoms with Crippen LogP contribution in [-0.2, 0) is 17.8 Å². The first kappa shape index (κ1) is 16.6. The van der Waals surface area contributed by atoms with E-state index in [1.807, 2.05) is 31.2 Å². The molecule has 1 heterocycles. The molecule has 0 saturated heterocycles. The maximum absolute atomic E-state index is 10.7. The quantitative estimate of drug-likeness (QED) is 0.884. The minimum atomic E-state index is -0.798. The van der Waals surface area contributed by atoms with Gasteiger partial charge in [0.2, 0.25) is 0 Å². The van der Waals surface area contributed by atoms with E-state index in [0.717, 1.165) is 22.8 Å². The van der Waals surface area contributed by atoms with Crippen molar-refractivity contribution in [1.29, 1.82) is 0 Å². The summed E-state index contributed by atoms with van der Waals surface area (Å²) in [6, 6.07) is 8.03. The normalized spacial score (nSPS) is 12.6. The first-order valence-electron chi connectivity index (χ1n) is 7.30. The molecule has 0 spiro atoms. The number of aliphatic carboxylic acids is 1. The molecule has 0 aliphatic heterocycles. The highest BCUT2D eigenvalue weighted by molar-refractivity contribution is 7.11. The first-order valence-corrected chi connectivity index (χ1v) is 8.12. The third kappa shape index (κ3) is 4.15. The minimum Gasteiger partial charge on any atom is -0.481 e. The van der Waals surface area contributed by atoms with E-state index in [-0.39, 0.29) is 12.5 Å². The van der Waals surface area contributed by atoms with E-state index >= 15 is 0 Å². The van der Waals surface area contributed by atoms with Crippen molar-refractivity contribution in [2.24, 2.45) is 0 Å². The monoisotopic (exact) mass is 318 g/mol. The molecule has 4 nitrogen and oxygen atoms in total. The Morgan fingerprint density at radius 3 is 2.36 bits per heavy atom. The van der Waals surface area contributed by atoms with Gasteiger partial charge in [0.05, 0.1) is 23.2 Å². The number of aryl methyl sites for hydroxylation is 2. The molecule has 0 amide bonds. The summed E-state index contributed by atoms with van der Waals surface area (Å²) in [4.78, 5) is 18.9. The predicted octanol–water partition coefficient (Wildman–Crippen LogP) is 3.58. The lowest BCUT2D eigenvalue weighted by Crippen LogP contribution is -2.22. The fourth-order valence-electron chi connectivity index (χ4n) is 2.50. The van der Waals surface area contributed by atoms with Gasteiger partial charge in [-0.15, -0.1) is 11.3 Å². The molecule has 0 radical (unpaired) electrons. The van der Waals surface area contributed by atoms with Gasteiger partial charge in [-0.2, -0.15) is 0 Å². The summed E-state index contributed by atoms with van der Waals surface area (Å²) >= 11 is 1.74. The number of hydrogen-bond donors (Lipinski definition) is 1. The Morgan fingerprint density at radius 2 is 1.86 bits per heavy atom. The molecular formula is C17H22N2O2S. The van der Waals surface area contributed by atoms with Crippen LogP contribution in [0.25, 0.3) is 0 Å². The van der Waals surface area contributed by atoms with Gasteiger partial charge in [0.15, 0.2) is 0 Å². The van der Waals surface area contributed by atoms with Crippen molar-refractivity contribution >= 4 is 17.3 Å². The highest BCUT2D eigenvalue weighted by atomic mass is 32.1. The van der Waals surface area contributed by atoms with Gasteiger partial charge in [0, 0.05) is 11.4 Å². The Bertz CT molecular complexity index is 649. The summed E-state index contributed by atoms with van der Waals surface area (Å²) in [6.07, 6.45) is 0.0732. The van der Waals surface area contributed by atoms with Crippen molar-refractivity contribution in [1.82, 2.24) is 9.88 Å². The summed E-state index contributed by atoms with van der Waals surface area (Å²) in [5.41, 5.74) is 3.15. The summed E-state index contributed by atoms with van der Waals surface area (Å²) < 4.78 is 0. The van der Waals surface area contributed by atoms with E-state index in [2.05, 4.69) is 30.8 Å². The van der Waals surface area contributed by atoms with Gasteiger partial charge in [-0.05, 0) is 38.9 Å². The van der Waals surface area contributed by atoms with E-state index in [4.69, 9.17) is 5.11 Å². The number of carbonyl (C=O) groups is 1. The number of rotatable bonds is 6. The van der Waals surface area contributed by atoms with Crippen LogP contribution in [0.2, 0.25) is 0 Å². The van der Waals surface area contributed by atoms with Crippen LogP contribution in [-0.4, -0.2) is 28.0 Å². The number of aromatic nitrogens is 1. The maximum atomic E-state index is 10.7. The molecule has 118 valence electrons. The van der Waals surface area contributed by atoms with Gasteiger partial charge in [-0.1, -0.05) is 24.3 Å². The van der Waals surface area contributed by atoms with Crippen LogP contribution in [0, 0.1) is 13.8 Å². The molecule has 1 unspecified atom stereocenters. The van der Waals surface area contributed by atoms with Crippen molar-refractivity contribution < 1.29 is 9.90 Å². The first-order chi connectivity index (χ1) is 10.4. The lowest BCUT2D eigenvalue weighted by molar-refractivity contribution is -0.136. The Labute approximate surface area is 135 Å². The second-order valence-electron chi connectivity index (χ2n) is 5.65. The average Bonchev–Trinajstić information content (AvgIpc) is 2.78. The molecule has 2 rings (SSSR count). The van der Waals surface area contributed by atoms with Crippen molar-refractivity contribution in [3.8, 4) is 0 Å². The highest BCUT2D eigenvalue weighted by Crippen LogP contribution is 2.26. The van der Waals surface area contributed by atoms with E-state index in [1.165, 1.54) is 10.4 Å². The van der Waals surface area contributed by atoms with E-state index in [9.17, 15) is 4.79 Å². The molecule has 0 aliphatic rings. The summed E-state index contributed by atoms with van der Waals surface area (Å²) in [7, 11) is 2.09. The fourth-order valence-corrected chi connectivity index (χ4v) is 3.41. The largest absolute Gasteiger partial charge is 0.481 e. The van der Waals surface area contributed by atoms with Crippen LogP contribution in [0.15, 0.2) is 24.3 Å². The van der Waals surface area contributed by atoms with Crippen LogP contribution in [0.3, 0.4) is 0 Å². The third-order valence-corrected chi connectivity index (χ3v) is 4.71. The second kappa shape index (κ2) is 7.03. The Hall–Kier alpha value is -1.72. The fraction of sp³-hybridized carbons (Fsp3) is 0.412. The second-order valence-corrected chi connectivity index (χ2v) is 7.06. The summed E-state index contributed by atoms with van der Waals surface area (Å²) in [6.45, 7) is 7.13. The smallest absolute Gasteiger partial charge is 0.307 e. The van der Waals surface area contributed by atoms with Crippen molar-refractivity contribution in [3.05, 3.63) is 51.0 Å². The zero-order chi connectivity index (χ0) is 16.3. The van der Waals surface area contributed by atoms with Gasteiger partial charge in [-0.3, -0.25) is 9.69 Å². The molecule has 1 aromatic carbocycles. The molecule has 2 aromatic rings. The molecule has 0 saturated carbocycles. The highest BCUT2D eigenvalue weighted by Gasteiger charge is 2.17. The Balaban J connectivity index is 2.03. The number of hydrogen-bond acceptors (Lipinski definition) is 4. The third-order valence-electron chi connectivity index (χ3n) is 3.81. The van der Waals surface area contributed by atoms with E-state index in [0.29, 0.717) is 0 Å². The topological polar surface area (TPSA) is 53.4 Å². The number of carboxylic acid groups (broad SMARTS) is 1. The van der Waals surface area contributed by atoms with Crippen molar-refractivity contribution in [2.75, 3.05) is 7.05 Å². The zero-order valence-corrected chi connectivity index (χ0v) is 14.3. The van der Waals surface area contributed by atoms with Crippen LogP contribution in [0.5, 0.6) is 0 Å². The zero-order valence-electron chi connectivity index (χ0n) is 13.5. The Kier molecular flexibility index (Phi) is 5.32. The van der Waals surface area contributed by atoms with Crippen LogP contribution in [0.4, 0.5) is 0 Å². The van der Waals surface area contributed by atoms with Crippen LogP contribution >= 0.6 is 11.3 Å². The van der Waals surface area contributed by atoms with Crippen molar-refractivity contribution in [3.63, 3.8) is 0 Å². The summed E-state index contributed by atoms with van der Waals surface area (Å²) in [5.74, 6) is -0.798. The average molecular weight is 318 g/mol. The predicted molar refractivity (Wildman–Crippen MR) is 89.3 cm³/mol. The van der Waals surface area contributed by atoms with Gasteiger partial charge in [0.25, 0.3) is 0 Å². The lowest BCUT2D eigenvalue weighted by Gasteiger charge is -2.24. The van der Waals surface area contributed by atoms with Gasteiger partial charge >= 0.3 is 5.97 Å². The number of benzene rings is 1. The standard InChI is InChI=1S/C17H22N2O2S/c1-11(17-12(2)22-13(3)18-17)19(4)10-15-7-5-14(6-8-15)9-16(20)21/h5-8,11H,9-10H2,1-4H3,(H,20,21). The number of nitrogens with zero attached hydrogens (tertiary/aromatic N) is 2. The van der Waals surface area contributed by atoms with Gasteiger partial charge in [0.1, 0.15) is 0 Å². The SMILES string of the molecule is Cc1nc(C(C)N(C)Cc2ccc(CC(=O)O)cc2)c(C)s1. The van der Waals surface area contributed by atoms with Crippen molar-refractivity contribution in [2.45, 2.75) is 39.8 Å². The molecule has 0 aliphatic carbocycles. The minimum absolute atomic E-state index is 0.0732. The van der Waals surface area contributed by atoms with Crippen LogP contribution in [0.1, 0.15) is 39.7 Å². The molecular weight excluding hydrogens is 296 g/mol. The van der Waals surface area contributed by atoms with Crippen LogP contribution < -0.4 is 0 Å². The number of thiazole rings is 1.